The van der Waals surface area contributed by atoms with Crippen molar-refractivity contribution in [3.05, 3.63) is 35.4 Å². The molecule has 0 spiro atoms. The molecule has 0 aliphatic carbocycles. The first kappa shape index (κ1) is 21.1. The standard InChI is InChI=1S/C20H27F3N4/c1-15(2)27-12-9-18(10-13-27)26-19(24-3)25-11-5-7-16-6-4-8-17(14-16)20(21,22)23/h4,6,8,14-15,18H,9-13H2,1-3H3,(H2,24,25,26). The number of hydrogen-bond donors (Lipinski definition) is 2. The normalized spacial score (nSPS) is 16.8. The van der Waals surface area contributed by atoms with Gasteiger partial charge in [0.25, 0.3) is 0 Å². The summed E-state index contributed by atoms with van der Waals surface area (Å²) in [5.41, 5.74) is -0.344. The van der Waals surface area contributed by atoms with Crippen LogP contribution >= 0.6 is 0 Å². The molecule has 0 aromatic heterocycles. The first-order chi connectivity index (χ1) is 12.8. The lowest BCUT2D eigenvalue weighted by molar-refractivity contribution is -0.137. The van der Waals surface area contributed by atoms with E-state index in [1.165, 1.54) is 6.07 Å². The molecule has 1 saturated heterocycles. The average Bonchev–Trinajstić information content (AvgIpc) is 2.64. The summed E-state index contributed by atoms with van der Waals surface area (Å²) >= 11 is 0. The molecule has 148 valence electrons. The van der Waals surface area contributed by atoms with Gasteiger partial charge in [0.1, 0.15) is 0 Å². The lowest BCUT2D eigenvalue weighted by Crippen LogP contribution is -2.49. The van der Waals surface area contributed by atoms with Gasteiger partial charge in [-0.3, -0.25) is 4.99 Å². The molecule has 27 heavy (non-hydrogen) atoms. The molecule has 7 heteroatoms. The molecule has 4 nitrogen and oxygen atoms in total. The van der Waals surface area contributed by atoms with Crippen LogP contribution in [0.15, 0.2) is 29.3 Å². The van der Waals surface area contributed by atoms with E-state index < -0.39 is 11.7 Å². The number of nitrogens with one attached hydrogen (secondary N) is 2. The quantitative estimate of drug-likeness (QED) is 0.481. The molecule has 0 amide bonds. The summed E-state index contributed by atoms with van der Waals surface area (Å²) in [7, 11) is 1.69. The molecule has 0 radical (unpaired) electrons. The first-order valence-corrected chi connectivity index (χ1v) is 9.17. The van der Waals surface area contributed by atoms with E-state index in [9.17, 15) is 13.2 Å². The SMILES string of the molecule is CN=C(NCC#Cc1cccc(C(F)(F)F)c1)NC1CCN(C(C)C)CC1. The van der Waals surface area contributed by atoms with E-state index in [2.05, 4.69) is 46.2 Å². The van der Waals surface area contributed by atoms with Crippen LogP contribution in [-0.2, 0) is 6.18 Å². The molecular formula is C20H27F3N4. The summed E-state index contributed by atoms with van der Waals surface area (Å²) in [6.45, 7) is 6.83. The van der Waals surface area contributed by atoms with Crippen LogP contribution < -0.4 is 10.6 Å². The Morgan fingerprint density at radius 1 is 1.30 bits per heavy atom. The van der Waals surface area contributed by atoms with Crippen molar-refractivity contribution in [2.24, 2.45) is 4.99 Å². The molecular weight excluding hydrogens is 353 g/mol. The topological polar surface area (TPSA) is 39.7 Å². The van der Waals surface area contributed by atoms with Gasteiger partial charge in [-0.1, -0.05) is 17.9 Å². The van der Waals surface area contributed by atoms with Crippen LogP contribution in [0, 0.1) is 11.8 Å². The van der Waals surface area contributed by atoms with Crippen LogP contribution in [-0.4, -0.2) is 49.6 Å². The van der Waals surface area contributed by atoms with Crippen molar-refractivity contribution in [3.63, 3.8) is 0 Å². The summed E-state index contributed by atoms with van der Waals surface area (Å²) in [5.74, 6) is 6.27. The third-order valence-electron chi connectivity index (χ3n) is 4.59. The predicted molar refractivity (Wildman–Crippen MR) is 103 cm³/mol. The number of piperidine rings is 1. The Bertz CT molecular complexity index is 693. The van der Waals surface area contributed by atoms with E-state index in [1.54, 1.807) is 13.1 Å². The number of alkyl halides is 3. The lowest BCUT2D eigenvalue weighted by Gasteiger charge is -2.35. The zero-order valence-electron chi connectivity index (χ0n) is 16.0. The van der Waals surface area contributed by atoms with Crippen LogP contribution in [0.2, 0.25) is 0 Å². The van der Waals surface area contributed by atoms with Crippen LogP contribution in [0.4, 0.5) is 13.2 Å². The molecule has 0 unspecified atom stereocenters. The van der Waals surface area contributed by atoms with Crippen molar-refractivity contribution in [2.75, 3.05) is 26.7 Å². The van der Waals surface area contributed by atoms with E-state index in [0.717, 1.165) is 38.1 Å². The zero-order chi connectivity index (χ0) is 19.9. The number of aliphatic imine (C=N–C) groups is 1. The molecule has 1 aromatic carbocycles. The van der Waals surface area contributed by atoms with Crippen molar-refractivity contribution in [1.82, 2.24) is 15.5 Å². The number of rotatable bonds is 3. The van der Waals surface area contributed by atoms with E-state index in [-0.39, 0.29) is 0 Å². The summed E-state index contributed by atoms with van der Waals surface area (Å²) in [6.07, 6.45) is -2.25. The van der Waals surface area contributed by atoms with Gasteiger partial charge < -0.3 is 15.5 Å². The first-order valence-electron chi connectivity index (χ1n) is 9.17. The summed E-state index contributed by atoms with van der Waals surface area (Å²) in [5, 5.41) is 6.48. The maximum absolute atomic E-state index is 12.7. The van der Waals surface area contributed by atoms with Gasteiger partial charge in [-0.2, -0.15) is 13.2 Å². The Hall–Kier alpha value is -2.20. The zero-order valence-corrected chi connectivity index (χ0v) is 16.0. The fourth-order valence-corrected chi connectivity index (χ4v) is 3.00. The van der Waals surface area contributed by atoms with Crippen LogP contribution in [0.3, 0.4) is 0 Å². The summed E-state index contributed by atoms with van der Waals surface area (Å²) < 4.78 is 38.1. The van der Waals surface area contributed by atoms with Gasteiger partial charge in [-0.25, -0.2) is 0 Å². The van der Waals surface area contributed by atoms with Crippen molar-refractivity contribution < 1.29 is 13.2 Å². The maximum Gasteiger partial charge on any atom is 0.416 e. The Labute approximate surface area is 159 Å². The van der Waals surface area contributed by atoms with Gasteiger partial charge in [-0.05, 0) is 44.9 Å². The number of nitrogens with zero attached hydrogens (tertiary/aromatic N) is 2. The van der Waals surface area contributed by atoms with Gasteiger partial charge in [-0.15, -0.1) is 0 Å². The van der Waals surface area contributed by atoms with Gasteiger partial charge in [0.05, 0.1) is 12.1 Å². The largest absolute Gasteiger partial charge is 0.416 e. The monoisotopic (exact) mass is 380 g/mol. The molecule has 1 aliphatic rings. The van der Waals surface area contributed by atoms with Gasteiger partial charge >= 0.3 is 6.18 Å². The molecule has 2 rings (SSSR count). The number of hydrogen-bond acceptors (Lipinski definition) is 2. The fourth-order valence-electron chi connectivity index (χ4n) is 3.00. The molecule has 1 aromatic rings. The van der Waals surface area contributed by atoms with Gasteiger partial charge in [0, 0.05) is 37.8 Å². The molecule has 1 aliphatic heterocycles. The minimum Gasteiger partial charge on any atom is -0.354 e. The lowest BCUT2D eigenvalue weighted by atomic mass is 10.0. The second-order valence-corrected chi connectivity index (χ2v) is 6.85. The molecule has 0 bridgehead atoms. The van der Waals surface area contributed by atoms with Crippen molar-refractivity contribution in [3.8, 4) is 11.8 Å². The second-order valence-electron chi connectivity index (χ2n) is 6.85. The van der Waals surface area contributed by atoms with Crippen molar-refractivity contribution in [1.29, 1.82) is 0 Å². The Kier molecular flexibility index (Phi) is 7.55. The number of guanidine groups is 1. The summed E-state index contributed by atoms with van der Waals surface area (Å²) in [4.78, 5) is 6.64. The van der Waals surface area contributed by atoms with Crippen molar-refractivity contribution in [2.45, 2.75) is 44.9 Å². The van der Waals surface area contributed by atoms with E-state index in [0.29, 0.717) is 30.2 Å². The molecule has 2 N–H and O–H groups in total. The summed E-state index contributed by atoms with van der Waals surface area (Å²) in [6, 6.07) is 5.96. The second kappa shape index (κ2) is 9.65. The van der Waals surface area contributed by atoms with E-state index in [4.69, 9.17) is 0 Å². The number of likely N-dealkylation sites (tertiary alicyclic amines) is 1. The third-order valence-corrected chi connectivity index (χ3v) is 4.59. The van der Waals surface area contributed by atoms with Crippen LogP contribution in [0.1, 0.15) is 37.8 Å². The maximum atomic E-state index is 12.7. The highest BCUT2D eigenvalue weighted by molar-refractivity contribution is 5.80. The van der Waals surface area contributed by atoms with Gasteiger partial charge in [0.2, 0.25) is 0 Å². The highest BCUT2D eigenvalue weighted by Crippen LogP contribution is 2.29. The highest BCUT2D eigenvalue weighted by Gasteiger charge is 2.30. The van der Waals surface area contributed by atoms with Crippen LogP contribution in [0.25, 0.3) is 0 Å². The smallest absolute Gasteiger partial charge is 0.354 e. The number of benzene rings is 1. The Balaban J connectivity index is 1.82. The minimum absolute atomic E-state index is 0.306. The van der Waals surface area contributed by atoms with Gasteiger partial charge in [0.15, 0.2) is 5.96 Å². The van der Waals surface area contributed by atoms with E-state index >= 15 is 0 Å². The van der Waals surface area contributed by atoms with Crippen LogP contribution in [0.5, 0.6) is 0 Å². The molecule has 1 heterocycles. The number of halogens is 3. The Morgan fingerprint density at radius 3 is 2.59 bits per heavy atom. The fraction of sp³-hybridized carbons (Fsp3) is 0.550. The third kappa shape index (κ3) is 6.79. The minimum atomic E-state index is -4.35. The molecule has 0 atom stereocenters. The highest BCUT2D eigenvalue weighted by atomic mass is 19.4. The Morgan fingerprint density at radius 2 is 2.00 bits per heavy atom. The molecule has 1 fully saturated rings. The predicted octanol–water partition coefficient (Wildman–Crippen LogP) is 3.09. The van der Waals surface area contributed by atoms with E-state index in [1.807, 2.05) is 0 Å². The van der Waals surface area contributed by atoms with Crippen molar-refractivity contribution >= 4 is 5.96 Å². The average molecular weight is 380 g/mol. The molecule has 0 saturated carbocycles.